The molecule has 0 heterocycles. The highest BCUT2D eigenvalue weighted by Gasteiger charge is 2.27. The zero-order valence-electron chi connectivity index (χ0n) is 34.8. The smallest absolute Gasteiger partial charge is 0.309 e. The third kappa shape index (κ3) is 16.3. The van der Waals surface area contributed by atoms with Crippen molar-refractivity contribution in [2.24, 2.45) is 11.8 Å². The molecular formula is C52H58N2O7. The number of esters is 1. The molecule has 4 unspecified atom stereocenters. The number of carbonyl (C=O) groups is 3. The van der Waals surface area contributed by atoms with E-state index in [0.29, 0.717) is 56.8 Å². The van der Waals surface area contributed by atoms with E-state index < -0.39 is 18.0 Å². The molecule has 61 heavy (non-hydrogen) atoms. The van der Waals surface area contributed by atoms with Crippen molar-refractivity contribution in [1.82, 2.24) is 10.6 Å². The lowest BCUT2D eigenvalue weighted by Gasteiger charge is -2.24. The van der Waals surface area contributed by atoms with Gasteiger partial charge in [0.25, 0.3) is 0 Å². The Morgan fingerprint density at radius 1 is 0.574 bits per heavy atom. The fraction of sp³-hybridized carbons (Fsp3) is 0.288. The van der Waals surface area contributed by atoms with E-state index in [1.807, 2.05) is 140 Å². The Bertz CT molecular complexity index is 2070. The van der Waals surface area contributed by atoms with Crippen molar-refractivity contribution in [3.63, 3.8) is 0 Å². The number of hydrogen-bond donors (Lipinski definition) is 3. The summed E-state index contributed by atoms with van der Waals surface area (Å²) in [4.78, 5) is 40.9. The van der Waals surface area contributed by atoms with Crippen LogP contribution in [0.15, 0.2) is 165 Å². The maximum atomic E-state index is 14.0. The summed E-state index contributed by atoms with van der Waals surface area (Å²) in [5.41, 5.74) is 4.97. The molecule has 0 radical (unpaired) electrons. The van der Waals surface area contributed by atoms with Crippen LogP contribution in [0.4, 0.5) is 0 Å². The van der Waals surface area contributed by atoms with Crippen LogP contribution < -0.4 is 20.1 Å². The fourth-order valence-electron chi connectivity index (χ4n) is 6.94. The molecule has 0 fully saturated rings. The van der Waals surface area contributed by atoms with Gasteiger partial charge in [-0.1, -0.05) is 127 Å². The van der Waals surface area contributed by atoms with Gasteiger partial charge >= 0.3 is 5.97 Å². The lowest BCUT2D eigenvalue weighted by molar-refractivity contribution is -0.150. The lowest BCUT2D eigenvalue weighted by Crippen LogP contribution is -2.45. The van der Waals surface area contributed by atoms with Crippen molar-refractivity contribution in [2.45, 2.75) is 70.2 Å². The molecule has 318 valence electrons. The highest BCUT2D eigenvalue weighted by atomic mass is 16.5. The highest BCUT2D eigenvalue weighted by molar-refractivity contribution is 5.86. The first-order valence-electron chi connectivity index (χ1n) is 21.0. The molecule has 9 nitrogen and oxygen atoms in total. The summed E-state index contributed by atoms with van der Waals surface area (Å²) in [7, 11) is 0. The molecule has 0 bridgehead atoms. The van der Waals surface area contributed by atoms with E-state index >= 15 is 0 Å². The largest absolute Gasteiger partial charge is 0.489 e. The van der Waals surface area contributed by atoms with Crippen LogP contribution in [0.5, 0.6) is 11.5 Å². The molecule has 0 saturated carbocycles. The molecule has 9 heteroatoms. The molecule has 0 aliphatic heterocycles. The number of amides is 2. The molecule has 0 spiro atoms. The maximum Gasteiger partial charge on any atom is 0.309 e. The van der Waals surface area contributed by atoms with Crippen LogP contribution in [0.2, 0.25) is 0 Å². The number of carbonyl (C=O) groups excluding carboxylic acids is 3. The summed E-state index contributed by atoms with van der Waals surface area (Å²) < 4.78 is 17.8. The summed E-state index contributed by atoms with van der Waals surface area (Å²) in [6, 6.07) is 43.6. The van der Waals surface area contributed by atoms with E-state index in [1.54, 1.807) is 12.2 Å². The molecule has 2 amide bonds. The number of benzene rings is 5. The first-order valence-corrected chi connectivity index (χ1v) is 21.0. The molecule has 5 aromatic carbocycles. The molecule has 5 aromatic rings. The van der Waals surface area contributed by atoms with Gasteiger partial charge in [-0.05, 0) is 90.6 Å². The zero-order valence-corrected chi connectivity index (χ0v) is 34.8. The molecule has 3 N–H and O–H groups in total. The lowest BCUT2D eigenvalue weighted by atomic mass is 9.95. The van der Waals surface area contributed by atoms with E-state index in [0.717, 1.165) is 27.8 Å². The van der Waals surface area contributed by atoms with Gasteiger partial charge in [0, 0.05) is 6.42 Å². The summed E-state index contributed by atoms with van der Waals surface area (Å²) in [6.07, 6.45) is 6.04. The number of ether oxygens (including phenoxy) is 3. The average molecular weight is 823 g/mol. The number of nitrogens with one attached hydrogen (secondary N) is 2. The number of aliphatic hydroxyl groups excluding tert-OH is 1. The molecule has 0 aliphatic rings. The Kier molecular flexibility index (Phi) is 18.9. The van der Waals surface area contributed by atoms with Crippen molar-refractivity contribution in [3.8, 4) is 11.5 Å². The Morgan fingerprint density at radius 2 is 1.07 bits per heavy atom. The van der Waals surface area contributed by atoms with E-state index in [1.165, 1.54) is 0 Å². The predicted octanol–water partition coefficient (Wildman–Crippen LogP) is 8.54. The van der Waals surface area contributed by atoms with Crippen LogP contribution in [0.1, 0.15) is 53.5 Å². The van der Waals surface area contributed by atoms with Crippen molar-refractivity contribution >= 4 is 17.8 Å². The fourth-order valence-corrected chi connectivity index (χ4v) is 6.94. The summed E-state index contributed by atoms with van der Waals surface area (Å²) in [5.74, 6) is -0.798. The Labute approximate surface area is 360 Å². The topological polar surface area (TPSA) is 123 Å². The van der Waals surface area contributed by atoms with Crippen LogP contribution in [0.3, 0.4) is 0 Å². The van der Waals surface area contributed by atoms with E-state index in [9.17, 15) is 19.5 Å². The van der Waals surface area contributed by atoms with Crippen LogP contribution in [-0.4, -0.2) is 48.2 Å². The minimum Gasteiger partial charge on any atom is -0.489 e. The Morgan fingerprint density at radius 3 is 1.56 bits per heavy atom. The predicted molar refractivity (Wildman–Crippen MR) is 240 cm³/mol. The third-order valence-electron chi connectivity index (χ3n) is 10.3. The molecule has 5 rings (SSSR count). The van der Waals surface area contributed by atoms with Crippen LogP contribution in [0, 0.1) is 11.8 Å². The van der Waals surface area contributed by atoms with Crippen molar-refractivity contribution in [2.75, 3.05) is 13.2 Å². The monoisotopic (exact) mass is 822 g/mol. The number of hydrogen-bond acceptors (Lipinski definition) is 7. The number of allylic oxidation sites excluding steroid dienone is 2. The number of rotatable bonds is 26. The van der Waals surface area contributed by atoms with Crippen molar-refractivity contribution < 1.29 is 33.7 Å². The average Bonchev–Trinajstić information content (AvgIpc) is 3.29. The first kappa shape index (κ1) is 45.6. The second-order valence-electron chi connectivity index (χ2n) is 15.2. The molecule has 4 atom stereocenters. The van der Waals surface area contributed by atoms with Gasteiger partial charge in [0.15, 0.2) is 0 Å². The van der Waals surface area contributed by atoms with Gasteiger partial charge in [-0.3, -0.25) is 14.4 Å². The van der Waals surface area contributed by atoms with Crippen LogP contribution in [0.25, 0.3) is 0 Å². The molecule has 0 aliphatic carbocycles. The second-order valence-corrected chi connectivity index (χ2v) is 15.2. The van der Waals surface area contributed by atoms with Gasteiger partial charge in [0.1, 0.15) is 31.3 Å². The minimum atomic E-state index is -0.747. The quantitative estimate of drug-likeness (QED) is 0.0378. The zero-order chi connectivity index (χ0) is 43.1. The van der Waals surface area contributed by atoms with Gasteiger partial charge in [-0.25, -0.2) is 0 Å². The summed E-state index contributed by atoms with van der Waals surface area (Å²) in [6.45, 7) is 8.21. The van der Waals surface area contributed by atoms with E-state index in [2.05, 4.69) is 23.8 Å². The highest BCUT2D eigenvalue weighted by Crippen LogP contribution is 2.20. The van der Waals surface area contributed by atoms with E-state index in [4.69, 9.17) is 14.2 Å². The van der Waals surface area contributed by atoms with Crippen LogP contribution in [-0.2, 0) is 51.6 Å². The second kappa shape index (κ2) is 25.2. The van der Waals surface area contributed by atoms with Gasteiger partial charge < -0.3 is 30.0 Å². The minimum absolute atomic E-state index is 0.0636. The molecule has 0 aromatic heterocycles. The standard InChI is InChI=1S/C52H58N2O7/c1-3-5-22-45(31-39-16-9-6-10-17-39)52(58)61-38-47(33-41-25-29-49(30-26-41)60-37-43-20-13-8-14-21-43)54-51(57)44(15-4-2)34-50(56)53-46(35-55)32-40-23-27-48(28-24-40)59-36-42-18-11-7-12-19-42/h3-4,6-14,16-21,23-30,44-47,55H,1-2,5,15,22,31-38H2,(H,53,56)(H,54,57). The van der Waals surface area contributed by atoms with Crippen LogP contribution >= 0.6 is 0 Å². The van der Waals surface area contributed by atoms with E-state index in [-0.39, 0.29) is 49.8 Å². The first-order chi connectivity index (χ1) is 29.8. The maximum absolute atomic E-state index is 14.0. The number of aliphatic hydroxyl groups is 1. The van der Waals surface area contributed by atoms with Gasteiger partial charge in [-0.15, -0.1) is 13.2 Å². The molecule has 0 saturated heterocycles. The normalized spacial score (nSPS) is 12.8. The SMILES string of the molecule is C=CCCC(Cc1ccccc1)C(=O)OCC(Cc1ccc(OCc2ccccc2)cc1)NC(=O)C(CC=C)CC(=O)NC(CO)Cc1ccc(OCc2ccccc2)cc1. The van der Waals surface area contributed by atoms with Gasteiger partial charge in [-0.2, -0.15) is 0 Å². The third-order valence-corrected chi connectivity index (χ3v) is 10.3. The van der Waals surface area contributed by atoms with Gasteiger partial charge in [0.05, 0.1) is 30.5 Å². The van der Waals surface area contributed by atoms with Crippen molar-refractivity contribution in [3.05, 3.63) is 193 Å². The Balaban J connectivity index is 1.21. The summed E-state index contributed by atoms with van der Waals surface area (Å²) in [5, 5.41) is 16.2. The molecular weight excluding hydrogens is 765 g/mol. The Hall–Kier alpha value is -6.45. The van der Waals surface area contributed by atoms with Crippen molar-refractivity contribution in [1.29, 1.82) is 0 Å². The van der Waals surface area contributed by atoms with Gasteiger partial charge in [0.2, 0.25) is 11.8 Å². The summed E-state index contributed by atoms with van der Waals surface area (Å²) >= 11 is 0.